The summed E-state index contributed by atoms with van der Waals surface area (Å²) in [5, 5.41) is 12.9. The molecule has 2 aromatic rings. The van der Waals surface area contributed by atoms with E-state index in [1.54, 1.807) is 0 Å². The lowest BCUT2D eigenvalue weighted by molar-refractivity contribution is -0.141. The molecular formula is C20H17Cl2F5N2O2. The predicted molar refractivity (Wildman–Crippen MR) is 104 cm³/mol. The minimum Gasteiger partial charge on any atom is -0.387 e. The van der Waals surface area contributed by atoms with E-state index in [-0.39, 0.29) is 41.3 Å². The predicted octanol–water partition coefficient (Wildman–Crippen LogP) is 5.66. The van der Waals surface area contributed by atoms with Crippen LogP contribution in [-0.2, 0) is 6.18 Å². The lowest BCUT2D eigenvalue weighted by Crippen LogP contribution is -2.48. The lowest BCUT2D eigenvalue weighted by atomic mass is 9.76. The van der Waals surface area contributed by atoms with Crippen LogP contribution in [0.3, 0.4) is 0 Å². The number of hydrogen-bond donors (Lipinski definition) is 2. The number of aromatic nitrogens is 1. The number of nitrogens with zero attached hydrogens (tertiary/aromatic N) is 1. The molecule has 0 spiro atoms. The first-order valence-electron chi connectivity index (χ1n) is 9.26. The van der Waals surface area contributed by atoms with Crippen molar-refractivity contribution < 1.29 is 31.9 Å². The van der Waals surface area contributed by atoms with Crippen LogP contribution in [-0.4, -0.2) is 27.8 Å². The number of benzene rings is 1. The molecule has 31 heavy (non-hydrogen) atoms. The van der Waals surface area contributed by atoms with Crippen molar-refractivity contribution in [3.8, 4) is 0 Å². The van der Waals surface area contributed by atoms with Crippen molar-refractivity contribution in [1.29, 1.82) is 0 Å². The minimum absolute atomic E-state index is 0.00988. The average Bonchev–Trinajstić information content (AvgIpc) is 2.70. The number of aliphatic hydroxyl groups is 1. The number of rotatable bonds is 4. The molecule has 0 bridgehead atoms. The maximum absolute atomic E-state index is 14.1. The SMILES string of the molecule is O=C(NC(c1cccc(F)c1Cl)[C@]1(O)CC[C@@H](F)CC1)c1cc(C(F)(F)F)ncc1Cl. The van der Waals surface area contributed by atoms with Gasteiger partial charge < -0.3 is 10.4 Å². The van der Waals surface area contributed by atoms with Crippen molar-refractivity contribution in [2.24, 2.45) is 0 Å². The van der Waals surface area contributed by atoms with Gasteiger partial charge in [0.05, 0.1) is 27.3 Å². The van der Waals surface area contributed by atoms with Crippen LogP contribution in [0.15, 0.2) is 30.5 Å². The zero-order valence-electron chi connectivity index (χ0n) is 15.8. The van der Waals surface area contributed by atoms with E-state index in [4.69, 9.17) is 23.2 Å². The van der Waals surface area contributed by atoms with Gasteiger partial charge in [-0.25, -0.2) is 8.78 Å². The zero-order valence-corrected chi connectivity index (χ0v) is 17.3. The third-order valence-corrected chi connectivity index (χ3v) is 5.98. The summed E-state index contributed by atoms with van der Waals surface area (Å²) < 4.78 is 66.7. The molecule has 3 rings (SSSR count). The highest BCUT2D eigenvalue weighted by Crippen LogP contribution is 2.42. The zero-order chi connectivity index (χ0) is 23.0. The normalized spacial score (nSPS) is 22.8. The Bertz CT molecular complexity index is 979. The summed E-state index contributed by atoms with van der Waals surface area (Å²) in [6.45, 7) is 0. The molecule has 0 saturated heterocycles. The Labute approximate surface area is 184 Å². The molecule has 1 aromatic heterocycles. The van der Waals surface area contributed by atoms with Gasteiger partial charge in [-0.05, 0) is 43.4 Å². The van der Waals surface area contributed by atoms with Crippen LogP contribution in [0.4, 0.5) is 22.0 Å². The van der Waals surface area contributed by atoms with Crippen LogP contribution in [0.5, 0.6) is 0 Å². The molecule has 11 heteroatoms. The van der Waals surface area contributed by atoms with E-state index in [1.165, 1.54) is 12.1 Å². The van der Waals surface area contributed by atoms with Crippen molar-refractivity contribution >= 4 is 29.1 Å². The summed E-state index contributed by atoms with van der Waals surface area (Å²) in [5.74, 6) is -1.87. The number of carbonyl (C=O) groups is 1. The van der Waals surface area contributed by atoms with Crippen molar-refractivity contribution in [2.45, 2.75) is 49.7 Å². The third kappa shape index (κ3) is 5.10. The number of nitrogens with one attached hydrogen (secondary N) is 1. The molecule has 1 heterocycles. The molecular weight excluding hydrogens is 466 g/mol. The quantitative estimate of drug-likeness (QED) is 0.552. The van der Waals surface area contributed by atoms with Crippen molar-refractivity contribution in [1.82, 2.24) is 10.3 Å². The van der Waals surface area contributed by atoms with Crippen molar-refractivity contribution in [2.75, 3.05) is 0 Å². The van der Waals surface area contributed by atoms with E-state index in [9.17, 15) is 31.9 Å². The second-order valence-electron chi connectivity index (χ2n) is 7.37. The maximum atomic E-state index is 14.1. The molecule has 1 amide bonds. The summed E-state index contributed by atoms with van der Waals surface area (Å²) >= 11 is 11.9. The largest absolute Gasteiger partial charge is 0.433 e. The smallest absolute Gasteiger partial charge is 0.387 e. The molecule has 4 nitrogen and oxygen atoms in total. The number of amides is 1. The second-order valence-corrected chi connectivity index (χ2v) is 8.16. The average molecular weight is 483 g/mol. The number of carbonyl (C=O) groups excluding carboxylic acids is 1. The fourth-order valence-corrected chi connectivity index (χ4v) is 4.02. The maximum Gasteiger partial charge on any atom is 0.433 e. The second kappa shape index (κ2) is 8.88. The number of pyridine rings is 1. The van der Waals surface area contributed by atoms with Crippen molar-refractivity contribution in [3.63, 3.8) is 0 Å². The highest BCUT2D eigenvalue weighted by molar-refractivity contribution is 6.33. The molecule has 1 saturated carbocycles. The Hall–Kier alpha value is -1.97. The Morgan fingerprint density at radius 3 is 2.52 bits per heavy atom. The van der Waals surface area contributed by atoms with E-state index in [0.29, 0.717) is 12.3 Å². The van der Waals surface area contributed by atoms with Gasteiger partial charge in [0.15, 0.2) is 0 Å². The molecule has 0 radical (unpaired) electrons. The van der Waals surface area contributed by atoms with Gasteiger partial charge in [-0.3, -0.25) is 9.78 Å². The van der Waals surface area contributed by atoms with Crippen LogP contribution in [0, 0.1) is 5.82 Å². The summed E-state index contributed by atoms with van der Waals surface area (Å²) in [7, 11) is 0. The fraction of sp³-hybridized carbons (Fsp3) is 0.400. The van der Waals surface area contributed by atoms with E-state index in [1.807, 2.05) is 0 Å². The number of hydrogen-bond acceptors (Lipinski definition) is 3. The summed E-state index contributed by atoms with van der Waals surface area (Å²) in [4.78, 5) is 16.0. The fourth-order valence-electron chi connectivity index (χ4n) is 3.59. The number of halogens is 7. The van der Waals surface area contributed by atoms with Gasteiger partial charge >= 0.3 is 6.18 Å². The highest BCUT2D eigenvalue weighted by Gasteiger charge is 2.43. The van der Waals surface area contributed by atoms with E-state index >= 15 is 0 Å². The van der Waals surface area contributed by atoms with Gasteiger partial charge in [0, 0.05) is 6.20 Å². The molecule has 1 aliphatic rings. The first-order chi connectivity index (χ1) is 14.4. The molecule has 1 atom stereocenters. The molecule has 0 aliphatic heterocycles. The van der Waals surface area contributed by atoms with Crippen molar-refractivity contribution in [3.05, 3.63) is 63.1 Å². The van der Waals surface area contributed by atoms with E-state index in [0.717, 1.165) is 6.07 Å². The van der Waals surface area contributed by atoms with Crippen LogP contribution in [0.25, 0.3) is 0 Å². The summed E-state index contributed by atoms with van der Waals surface area (Å²) in [6.07, 6.45) is -5.46. The Morgan fingerprint density at radius 1 is 1.26 bits per heavy atom. The van der Waals surface area contributed by atoms with Gasteiger partial charge in [0.1, 0.15) is 17.7 Å². The van der Waals surface area contributed by atoms with Crippen LogP contribution in [0.1, 0.15) is 53.3 Å². The van der Waals surface area contributed by atoms with Gasteiger partial charge in [0.25, 0.3) is 5.91 Å². The van der Waals surface area contributed by atoms with E-state index < -0.39 is 47.0 Å². The summed E-state index contributed by atoms with van der Waals surface area (Å²) in [5.41, 5.74) is -3.57. The molecule has 168 valence electrons. The molecule has 1 aromatic carbocycles. The van der Waals surface area contributed by atoms with Crippen LogP contribution < -0.4 is 5.32 Å². The van der Waals surface area contributed by atoms with Gasteiger partial charge in [-0.2, -0.15) is 13.2 Å². The standard InChI is InChI=1S/C20H17Cl2F5N2O2/c21-13-9-28-15(20(25,26)27)8-12(13)18(30)29-17(11-2-1-3-14(24)16(11)22)19(31)6-4-10(23)5-7-19/h1-3,8-10,17,31H,4-7H2,(H,29,30)/t10-,17?,19+. The Balaban J connectivity index is 2.01. The minimum atomic E-state index is -4.82. The molecule has 1 aliphatic carbocycles. The Kier molecular flexibility index (Phi) is 6.78. The monoisotopic (exact) mass is 482 g/mol. The molecule has 1 unspecified atom stereocenters. The van der Waals surface area contributed by atoms with E-state index in [2.05, 4.69) is 10.3 Å². The van der Waals surface area contributed by atoms with Gasteiger partial charge in [-0.1, -0.05) is 35.3 Å². The molecule has 2 N–H and O–H groups in total. The first-order valence-corrected chi connectivity index (χ1v) is 10.0. The first kappa shape index (κ1) is 23.7. The summed E-state index contributed by atoms with van der Waals surface area (Å²) in [6, 6.07) is 2.90. The van der Waals surface area contributed by atoms with Gasteiger partial charge in [0.2, 0.25) is 0 Å². The topological polar surface area (TPSA) is 62.2 Å². The van der Waals surface area contributed by atoms with Crippen LogP contribution >= 0.6 is 23.2 Å². The van der Waals surface area contributed by atoms with Gasteiger partial charge in [-0.15, -0.1) is 0 Å². The van der Waals surface area contributed by atoms with Crippen LogP contribution in [0.2, 0.25) is 10.0 Å². The highest BCUT2D eigenvalue weighted by atomic mass is 35.5. The Morgan fingerprint density at radius 2 is 1.90 bits per heavy atom. The molecule has 1 fully saturated rings. The number of alkyl halides is 4. The lowest BCUT2D eigenvalue weighted by Gasteiger charge is -2.41. The third-order valence-electron chi connectivity index (χ3n) is 5.28.